The third kappa shape index (κ3) is 7.95. The number of halogens is 1. The molecule has 0 bridgehead atoms. The Morgan fingerprint density at radius 2 is 1.00 bits per heavy atom. The van der Waals surface area contributed by atoms with Crippen LogP contribution in [0.3, 0.4) is 0 Å². The highest BCUT2D eigenvalue weighted by molar-refractivity contribution is 7.95. The fourth-order valence-corrected chi connectivity index (χ4v) is 16.4. The van der Waals surface area contributed by atoms with Crippen LogP contribution in [0.2, 0.25) is 5.04 Å². The lowest BCUT2D eigenvalue weighted by molar-refractivity contribution is -0.0000106. The normalized spacial score (nSPS) is 12.9. The molecule has 6 rings (SSSR count). The van der Waals surface area contributed by atoms with Crippen molar-refractivity contribution in [1.82, 2.24) is 4.98 Å². The van der Waals surface area contributed by atoms with E-state index in [1.165, 1.54) is 31.9 Å². The van der Waals surface area contributed by atoms with Crippen LogP contribution in [0.25, 0.3) is 6.08 Å². The van der Waals surface area contributed by atoms with Gasteiger partial charge in [0.1, 0.15) is 23.2 Å². The lowest BCUT2D eigenvalue weighted by Crippen LogP contribution is -3.00. The van der Waals surface area contributed by atoms with Gasteiger partial charge >= 0.3 is 0 Å². The molecule has 1 aromatic heterocycles. The summed E-state index contributed by atoms with van der Waals surface area (Å²) < 4.78 is 7.98. The van der Waals surface area contributed by atoms with Crippen molar-refractivity contribution in [2.45, 2.75) is 45.3 Å². The summed E-state index contributed by atoms with van der Waals surface area (Å²) in [6, 6.07) is 59.8. The van der Waals surface area contributed by atoms with Gasteiger partial charge in [-0.2, -0.15) is 0 Å². The second-order valence-corrected chi connectivity index (χ2v) is 21.6. The van der Waals surface area contributed by atoms with Crippen LogP contribution in [0.15, 0.2) is 182 Å². The van der Waals surface area contributed by atoms with Crippen molar-refractivity contribution in [2.75, 3.05) is 6.16 Å². The molecule has 0 aliphatic rings. The molecule has 0 amide bonds. The standard InChI is InChI=1S/C45H47NOPSi.HI/c1-37(36-38-30-33-46-34-31-38)44(47-49(45(2,3)4,42-26-16-8-17-27-42)43-28-18-9-19-29-43)32-35-48(39-20-10-5-11-21-39,40-22-12-6-13-23-40)41-24-14-7-15-25-41;/h5-31,33-34,36,44H,32,35H2,1-4H3;1H/q+1;/p-1/t44-;/m0./s1. The van der Waals surface area contributed by atoms with Crippen molar-refractivity contribution >= 4 is 47.9 Å². The highest BCUT2D eigenvalue weighted by Gasteiger charge is 2.52. The SMILES string of the molecule is CC(=Cc1ccncc1)[C@H](CC[P+](c1ccccc1)(c1ccccc1)c1ccccc1)O[Si](c1ccccc1)(c1ccccc1)C(C)(C)C.[I-]. The maximum atomic E-state index is 7.98. The molecule has 0 fully saturated rings. The van der Waals surface area contributed by atoms with Crippen molar-refractivity contribution in [3.63, 3.8) is 0 Å². The van der Waals surface area contributed by atoms with Crippen molar-refractivity contribution < 1.29 is 28.4 Å². The third-order valence-corrected chi connectivity index (χ3v) is 19.2. The number of benzene rings is 5. The first-order chi connectivity index (χ1) is 23.8. The molecule has 1 heterocycles. The van der Waals surface area contributed by atoms with E-state index < -0.39 is 15.6 Å². The lowest BCUT2D eigenvalue weighted by Gasteiger charge is -2.45. The van der Waals surface area contributed by atoms with E-state index in [9.17, 15) is 0 Å². The molecular weight excluding hydrogens is 756 g/mol. The Bertz CT molecular complexity index is 1780. The minimum Gasteiger partial charge on any atom is -1.00 e. The molecule has 0 aliphatic heterocycles. The topological polar surface area (TPSA) is 22.1 Å². The van der Waals surface area contributed by atoms with E-state index in [0.29, 0.717) is 0 Å². The van der Waals surface area contributed by atoms with Gasteiger partial charge in [-0.05, 0) is 82.0 Å². The van der Waals surface area contributed by atoms with E-state index in [1.54, 1.807) is 0 Å². The quantitative estimate of drug-likeness (QED) is 0.0886. The second-order valence-electron chi connectivity index (χ2n) is 13.8. The van der Waals surface area contributed by atoms with Gasteiger partial charge in [0.15, 0.2) is 0 Å². The molecule has 0 saturated carbocycles. The van der Waals surface area contributed by atoms with Crippen molar-refractivity contribution in [3.8, 4) is 0 Å². The molecule has 1 atom stereocenters. The smallest absolute Gasteiger partial charge is 0.261 e. The molecular formula is C45H47INOPSi. The Morgan fingerprint density at radius 3 is 1.38 bits per heavy atom. The molecule has 5 aromatic carbocycles. The molecule has 0 unspecified atom stereocenters. The number of hydrogen-bond acceptors (Lipinski definition) is 2. The zero-order valence-corrected chi connectivity index (χ0v) is 33.5. The number of rotatable bonds is 12. The van der Waals surface area contributed by atoms with Gasteiger partial charge in [0.05, 0.1) is 12.3 Å². The fourth-order valence-electron chi connectivity index (χ4n) is 7.29. The zero-order valence-electron chi connectivity index (χ0n) is 29.5. The average Bonchev–Trinajstić information content (AvgIpc) is 3.15. The molecule has 6 aromatic rings. The zero-order chi connectivity index (χ0) is 34.2. The molecule has 254 valence electrons. The molecule has 5 heteroatoms. The summed E-state index contributed by atoms with van der Waals surface area (Å²) in [4.78, 5) is 4.29. The first kappa shape index (κ1) is 37.6. The largest absolute Gasteiger partial charge is 1.00 e. The van der Waals surface area contributed by atoms with Crippen molar-refractivity contribution in [1.29, 1.82) is 0 Å². The van der Waals surface area contributed by atoms with Crippen LogP contribution in [0, 0.1) is 0 Å². The number of aromatic nitrogens is 1. The summed E-state index contributed by atoms with van der Waals surface area (Å²) in [5.74, 6) is 0. The molecule has 0 N–H and O–H groups in total. The summed E-state index contributed by atoms with van der Waals surface area (Å²) in [5.41, 5.74) is 2.37. The number of hydrogen-bond donors (Lipinski definition) is 0. The van der Waals surface area contributed by atoms with Crippen molar-refractivity contribution in [2.24, 2.45) is 0 Å². The summed E-state index contributed by atoms with van der Waals surface area (Å²) in [7, 11) is -4.95. The van der Waals surface area contributed by atoms with Crippen LogP contribution in [-0.2, 0) is 4.43 Å². The van der Waals surface area contributed by atoms with Crippen LogP contribution in [0.4, 0.5) is 0 Å². The summed E-state index contributed by atoms with van der Waals surface area (Å²) >= 11 is 0. The average molecular weight is 804 g/mol. The molecule has 0 radical (unpaired) electrons. The minimum absolute atomic E-state index is 0. The van der Waals surface area contributed by atoms with E-state index in [-0.39, 0.29) is 35.1 Å². The first-order valence-electron chi connectivity index (χ1n) is 17.3. The summed E-state index contributed by atoms with van der Waals surface area (Å²) in [6.45, 7) is 9.37. The van der Waals surface area contributed by atoms with Gasteiger partial charge < -0.3 is 28.4 Å². The Balaban J connectivity index is 0.00000486. The molecule has 0 spiro atoms. The summed E-state index contributed by atoms with van der Waals surface area (Å²) in [5, 5.41) is 6.64. The molecule has 0 aliphatic carbocycles. The van der Waals surface area contributed by atoms with Crippen LogP contribution < -0.4 is 50.3 Å². The monoisotopic (exact) mass is 803 g/mol. The molecule has 0 saturated heterocycles. The summed E-state index contributed by atoms with van der Waals surface area (Å²) in [6.07, 6.45) is 7.74. The first-order valence-corrected chi connectivity index (χ1v) is 21.1. The van der Waals surface area contributed by atoms with Crippen molar-refractivity contribution in [3.05, 3.63) is 187 Å². The lowest BCUT2D eigenvalue weighted by atomic mass is 10.1. The van der Waals surface area contributed by atoms with Crippen LogP contribution >= 0.6 is 7.26 Å². The van der Waals surface area contributed by atoms with Gasteiger partial charge in [0, 0.05) is 18.8 Å². The molecule has 50 heavy (non-hydrogen) atoms. The van der Waals surface area contributed by atoms with E-state index >= 15 is 0 Å². The maximum Gasteiger partial charge on any atom is 0.261 e. The van der Waals surface area contributed by atoms with Crippen LogP contribution in [0.1, 0.15) is 39.7 Å². The van der Waals surface area contributed by atoms with Gasteiger partial charge in [0.25, 0.3) is 8.32 Å². The Kier molecular flexibility index (Phi) is 12.8. The van der Waals surface area contributed by atoms with E-state index in [1.807, 2.05) is 12.4 Å². The third-order valence-electron chi connectivity index (χ3n) is 9.66. The highest BCUT2D eigenvalue weighted by Crippen LogP contribution is 2.56. The number of pyridine rings is 1. The van der Waals surface area contributed by atoms with Gasteiger partial charge in [-0.1, -0.05) is 142 Å². The van der Waals surface area contributed by atoms with Gasteiger partial charge in [-0.25, -0.2) is 0 Å². The van der Waals surface area contributed by atoms with E-state index in [4.69, 9.17) is 4.43 Å². The van der Waals surface area contributed by atoms with Gasteiger partial charge in [-0.15, -0.1) is 0 Å². The maximum absolute atomic E-state index is 7.98. The van der Waals surface area contributed by atoms with Gasteiger partial charge in [-0.3, -0.25) is 4.98 Å². The Morgan fingerprint density at radius 1 is 0.620 bits per heavy atom. The second kappa shape index (κ2) is 17.0. The molecule has 2 nitrogen and oxygen atoms in total. The number of nitrogens with zero attached hydrogens (tertiary/aromatic N) is 1. The predicted molar refractivity (Wildman–Crippen MR) is 215 cm³/mol. The Hall–Kier alpha value is -3.67. The Labute approximate surface area is 318 Å². The van der Waals surface area contributed by atoms with E-state index in [2.05, 4.69) is 203 Å². The van der Waals surface area contributed by atoms with E-state index in [0.717, 1.165) is 18.1 Å². The predicted octanol–water partition coefficient (Wildman–Crippen LogP) is 5.82. The minimum atomic E-state index is -2.87. The van der Waals surface area contributed by atoms with Crippen LogP contribution in [-0.4, -0.2) is 25.6 Å². The highest BCUT2D eigenvalue weighted by atomic mass is 127. The fraction of sp³-hybridized carbons (Fsp3) is 0.178. The van der Waals surface area contributed by atoms with Gasteiger partial charge in [0.2, 0.25) is 0 Å². The van der Waals surface area contributed by atoms with Crippen LogP contribution in [0.5, 0.6) is 0 Å².